The lowest BCUT2D eigenvalue weighted by atomic mass is 9.78. The summed E-state index contributed by atoms with van der Waals surface area (Å²) in [5.41, 5.74) is 1.53. The smallest absolute Gasteiger partial charge is 0.227 e. The maximum absolute atomic E-state index is 9.81. The Balaban J connectivity index is 1.31. The van der Waals surface area contributed by atoms with Crippen LogP contribution in [0.25, 0.3) is 10.8 Å². The van der Waals surface area contributed by atoms with Gasteiger partial charge in [-0.3, -0.25) is 0 Å². The number of aliphatic hydroxyl groups is 1. The summed E-state index contributed by atoms with van der Waals surface area (Å²) in [6.45, 7) is 9.23. The third-order valence-electron chi connectivity index (χ3n) is 7.79. The van der Waals surface area contributed by atoms with E-state index in [9.17, 15) is 5.11 Å². The molecule has 9 heteroatoms. The third-order valence-corrected chi connectivity index (χ3v) is 7.79. The first kappa shape index (κ1) is 22.4. The van der Waals surface area contributed by atoms with Crippen LogP contribution in [0.15, 0.2) is 30.7 Å². The van der Waals surface area contributed by atoms with E-state index in [-0.39, 0.29) is 11.5 Å². The van der Waals surface area contributed by atoms with E-state index in [2.05, 4.69) is 51.5 Å². The molecule has 3 fully saturated rings. The van der Waals surface area contributed by atoms with Gasteiger partial charge in [0, 0.05) is 62.7 Å². The number of pyridine rings is 2. The van der Waals surface area contributed by atoms with Crippen LogP contribution in [0.1, 0.15) is 38.7 Å². The summed E-state index contributed by atoms with van der Waals surface area (Å²) >= 11 is 0. The fraction of sp³-hybridized carbons (Fsp3) is 0.538. The second kappa shape index (κ2) is 8.87. The van der Waals surface area contributed by atoms with Gasteiger partial charge < -0.3 is 25.5 Å². The Morgan fingerprint density at radius 1 is 1.06 bits per heavy atom. The number of rotatable bonds is 6. The van der Waals surface area contributed by atoms with E-state index in [1.54, 1.807) is 6.20 Å². The quantitative estimate of drug-likeness (QED) is 0.498. The Morgan fingerprint density at radius 2 is 1.89 bits per heavy atom. The largest absolute Gasteiger partial charge is 0.393 e. The summed E-state index contributed by atoms with van der Waals surface area (Å²) in [7, 11) is 0. The SMILES string of the molecule is C[C@@H]1CCN1c1ncc(CC2(C)CNC2)c2cc(Nc3ccnc(N4CCC(O)CC4)n3)ncc12. The summed E-state index contributed by atoms with van der Waals surface area (Å²) in [6.07, 6.45) is 9.27. The van der Waals surface area contributed by atoms with Crippen molar-refractivity contribution in [2.24, 2.45) is 5.41 Å². The number of hydrogen-bond acceptors (Lipinski definition) is 9. The van der Waals surface area contributed by atoms with Crippen molar-refractivity contribution < 1.29 is 5.11 Å². The number of aromatic nitrogens is 4. The molecule has 3 aliphatic rings. The van der Waals surface area contributed by atoms with Crippen LogP contribution in [0.4, 0.5) is 23.4 Å². The molecule has 184 valence electrons. The fourth-order valence-corrected chi connectivity index (χ4v) is 5.35. The summed E-state index contributed by atoms with van der Waals surface area (Å²) in [5.74, 6) is 3.21. The molecule has 0 radical (unpaired) electrons. The molecule has 0 amide bonds. The molecule has 35 heavy (non-hydrogen) atoms. The van der Waals surface area contributed by atoms with Crippen LogP contribution in [0, 0.1) is 5.41 Å². The second-order valence-corrected chi connectivity index (χ2v) is 10.7. The maximum Gasteiger partial charge on any atom is 0.227 e. The predicted octanol–water partition coefficient (Wildman–Crippen LogP) is 2.88. The number of anilines is 4. The molecule has 0 bridgehead atoms. The average Bonchev–Trinajstić information content (AvgIpc) is 2.84. The topological polar surface area (TPSA) is 102 Å². The van der Waals surface area contributed by atoms with Crippen LogP contribution in [0.2, 0.25) is 0 Å². The van der Waals surface area contributed by atoms with Crippen molar-refractivity contribution in [1.82, 2.24) is 25.3 Å². The minimum Gasteiger partial charge on any atom is -0.393 e. The normalized spacial score (nSPS) is 22.1. The third kappa shape index (κ3) is 4.38. The van der Waals surface area contributed by atoms with Crippen LogP contribution < -0.4 is 20.4 Å². The zero-order valence-electron chi connectivity index (χ0n) is 20.5. The number of piperidine rings is 1. The van der Waals surface area contributed by atoms with Crippen molar-refractivity contribution in [1.29, 1.82) is 0 Å². The van der Waals surface area contributed by atoms with Gasteiger partial charge in [0.2, 0.25) is 5.95 Å². The highest BCUT2D eigenvalue weighted by Gasteiger charge is 2.33. The molecule has 1 atom stereocenters. The van der Waals surface area contributed by atoms with E-state index < -0.39 is 0 Å². The highest BCUT2D eigenvalue weighted by molar-refractivity contribution is 5.95. The van der Waals surface area contributed by atoms with E-state index in [4.69, 9.17) is 15.0 Å². The van der Waals surface area contributed by atoms with Gasteiger partial charge in [0.25, 0.3) is 0 Å². The van der Waals surface area contributed by atoms with Crippen molar-refractivity contribution in [3.63, 3.8) is 0 Å². The molecule has 3 aromatic rings. The Hall–Kier alpha value is -3.04. The average molecular weight is 475 g/mol. The van der Waals surface area contributed by atoms with Gasteiger partial charge in [-0.05, 0) is 61.1 Å². The van der Waals surface area contributed by atoms with Crippen molar-refractivity contribution in [3.05, 3.63) is 36.3 Å². The molecule has 0 saturated carbocycles. The second-order valence-electron chi connectivity index (χ2n) is 10.7. The van der Waals surface area contributed by atoms with Crippen molar-refractivity contribution in [2.45, 2.75) is 51.7 Å². The van der Waals surface area contributed by atoms with Gasteiger partial charge in [0.05, 0.1) is 6.10 Å². The van der Waals surface area contributed by atoms with Crippen LogP contribution in [-0.4, -0.2) is 69.9 Å². The summed E-state index contributed by atoms with van der Waals surface area (Å²) in [5, 5.41) is 19.0. The van der Waals surface area contributed by atoms with Crippen LogP contribution >= 0.6 is 0 Å². The molecule has 9 nitrogen and oxygen atoms in total. The number of aliphatic hydroxyl groups excluding tert-OH is 1. The number of nitrogens with one attached hydrogen (secondary N) is 2. The van der Waals surface area contributed by atoms with Gasteiger partial charge >= 0.3 is 0 Å². The maximum atomic E-state index is 9.81. The molecule has 3 aromatic heterocycles. The molecule has 3 saturated heterocycles. The summed E-state index contributed by atoms with van der Waals surface area (Å²) in [4.78, 5) is 23.4. The van der Waals surface area contributed by atoms with Crippen molar-refractivity contribution in [3.8, 4) is 0 Å². The van der Waals surface area contributed by atoms with Gasteiger partial charge in [-0.25, -0.2) is 15.0 Å². The highest BCUT2D eigenvalue weighted by Crippen LogP contribution is 2.36. The molecule has 3 N–H and O–H groups in total. The molecule has 6 rings (SSSR count). The van der Waals surface area contributed by atoms with Gasteiger partial charge in [0.15, 0.2) is 0 Å². The molecule has 0 aliphatic carbocycles. The van der Waals surface area contributed by atoms with Gasteiger partial charge in [-0.1, -0.05) is 6.92 Å². The van der Waals surface area contributed by atoms with Crippen LogP contribution in [0.3, 0.4) is 0 Å². The monoisotopic (exact) mass is 474 g/mol. The zero-order chi connectivity index (χ0) is 24.0. The van der Waals surface area contributed by atoms with Crippen LogP contribution in [0.5, 0.6) is 0 Å². The highest BCUT2D eigenvalue weighted by atomic mass is 16.3. The number of fused-ring (bicyclic) bond motifs is 1. The van der Waals surface area contributed by atoms with E-state index in [1.807, 2.05) is 12.3 Å². The van der Waals surface area contributed by atoms with E-state index >= 15 is 0 Å². The first-order valence-corrected chi connectivity index (χ1v) is 12.8. The Bertz CT molecular complexity index is 1220. The standard InChI is InChI=1S/C26H34N8O/c1-17-4-10-34(17)24-21-14-29-23(11-20(21)18(13-30-24)12-26(2)15-27-16-26)31-22-3-7-28-25(32-22)33-8-5-19(35)6-9-33/h3,7,11,13-14,17,19,27,35H,4-6,8-10,12,15-16H2,1-2H3,(H,28,29,31,32)/t17-/m1/s1. The van der Waals surface area contributed by atoms with Gasteiger partial charge in [-0.15, -0.1) is 0 Å². The van der Waals surface area contributed by atoms with Crippen molar-refractivity contribution >= 4 is 34.2 Å². The van der Waals surface area contributed by atoms with Gasteiger partial charge in [0.1, 0.15) is 17.5 Å². The Labute approximate surface area is 206 Å². The van der Waals surface area contributed by atoms with Gasteiger partial charge in [-0.2, -0.15) is 4.98 Å². The van der Waals surface area contributed by atoms with E-state index in [1.165, 1.54) is 17.4 Å². The lowest BCUT2D eigenvalue weighted by Crippen LogP contribution is -2.52. The molecule has 3 aliphatic heterocycles. The molecule has 0 spiro atoms. The lowest BCUT2D eigenvalue weighted by molar-refractivity contribution is 0.145. The summed E-state index contributed by atoms with van der Waals surface area (Å²) in [6, 6.07) is 4.53. The number of nitrogens with zero attached hydrogens (tertiary/aromatic N) is 6. The lowest BCUT2D eigenvalue weighted by Gasteiger charge is -2.41. The molecular weight excluding hydrogens is 440 g/mol. The molecule has 0 unspecified atom stereocenters. The first-order valence-electron chi connectivity index (χ1n) is 12.8. The van der Waals surface area contributed by atoms with E-state index in [0.29, 0.717) is 12.0 Å². The summed E-state index contributed by atoms with van der Waals surface area (Å²) < 4.78 is 0. The molecule has 6 heterocycles. The molecule has 0 aromatic carbocycles. The van der Waals surface area contributed by atoms with E-state index in [0.717, 1.165) is 74.8 Å². The first-order chi connectivity index (χ1) is 17.0. The fourth-order valence-electron chi connectivity index (χ4n) is 5.35. The van der Waals surface area contributed by atoms with Crippen LogP contribution in [-0.2, 0) is 6.42 Å². The minimum atomic E-state index is -0.222. The van der Waals surface area contributed by atoms with Crippen molar-refractivity contribution in [2.75, 3.05) is 47.8 Å². The number of hydrogen-bond donors (Lipinski definition) is 3. The Kier molecular flexibility index (Phi) is 5.69. The Morgan fingerprint density at radius 3 is 2.57 bits per heavy atom. The predicted molar refractivity (Wildman–Crippen MR) is 138 cm³/mol. The zero-order valence-corrected chi connectivity index (χ0v) is 20.5. The minimum absolute atomic E-state index is 0.222. The molecular formula is C26H34N8O.